The Morgan fingerprint density at radius 1 is 1.48 bits per heavy atom. The van der Waals surface area contributed by atoms with Gasteiger partial charge in [-0.15, -0.1) is 0 Å². The number of rotatable bonds is 5. The zero-order valence-corrected chi connectivity index (χ0v) is 13.2. The molecule has 2 rings (SSSR count). The van der Waals surface area contributed by atoms with Crippen LogP contribution in [0.4, 0.5) is 5.69 Å². The number of amides is 1. The Morgan fingerprint density at radius 3 is 2.86 bits per heavy atom. The molecule has 0 spiro atoms. The van der Waals surface area contributed by atoms with Crippen LogP contribution >= 0.6 is 0 Å². The van der Waals surface area contributed by atoms with Crippen molar-refractivity contribution in [1.29, 1.82) is 0 Å². The van der Waals surface area contributed by atoms with Crippen molar-refractivity contribution in [2.24, 2.45) is 0 Å². The smallest absolute Gasteiger partial charge is 0.270 e. The normalized spacial score (nSPS) is 23.7. The second-order valence-electron chi connectivity index (χ2n) is 5.71. The molecule has 1 fully saturated rings. The zero-order valence-electron chi connectivity index (χ0n) is 12.3. The van der Waals surface area contributed by atoms with Crippen molar-refractivity contribution in [2.75, 3.05) is 23.4 Å². The van der Waals surface area contributed by atoms with Crippen molar-refractivity contribution in [2.45, 2.75) is 32.2 Å². The molecule has 0 radical (unpaired) electrons. The van der Waals surface area contributed by atoms with Gasteiger partial charge in [0.05, 0.1) is 17.0 Å². The Kier molecular flexibility index (Phi) is 4.51. The molecule has 2 heterocycles. The molecule has 1 aliphatic heterocycles. The van der Waals surface area contributed by atoms with Gasteiger partial charge in [-0.1, -0.05) is 6.92 Å². The molecule has 1 amide bonds. The quantitative estimate of drug-likeness (QED) is 0.853. The largest absolute Gasteiger partial charge is 0.385 e. The molecule has 0 aliphatic carbocycles. The highest BCUT2D eigenvalue weighted by molar-refractivity contribution is 7.91. The summed E-state index contributed by atoms with van der Waals surface area (Å²) in [4.78, 5) is 16.3. The molecule has 6 nitrogen and oxygen atoms in total. The third-order valence-electron chi connectivity index (χ3n) is 3.49. The lowest BCUT2D eigenvalue weighted by Crippen LogP contribution is -2.47. The lowest BCUT2D eigenvalue weighted by atomic mass is 10.0. The summed E-state index contributed by atoms with van der Waals surface area (Å²) in [6.07, 6.45) is 3.00. The molecule has 2 N–H and O–H groups in total. The summed E-state index contributed by atoms with van der Waals surface area (Å²) in [6, 6.07) is 3.48. The van der Waals surface area contributed by atoms with Crippen LogP contribution in [-0.4, -0.2) is 42.9 Å². The van der Waals surface area contributed by atoms with Crippen LogP contribution in [0.1, 0.15) is 37.2 Å². The third kappa shape index (κ3) is 4.17. The predicted octanol–water partition coefficient (Wildman–Crippen LogP) is 1.21. The van der Waals surface area contributed by atoms with E-state index in [-0.39, 0.29) is 17.4 Å². The number of sulfone groups is 1. The molecule has 1 aromatic heterocycles. The Labute approximate surface area is 125 Å². The van der Waals surface area contributed by atoms with Gasteiger partial charge >= 0.3 is 0 Å². The molecule has 0 bridgehead atoms. The first kappa shape index (κ1) is 15.8. The lowest BCUT2D eigenvalue weighted by Gasteiger charge is -2.23. The van der Waals surface area contributed by atoms with Crippen molar-refractivity contribution in [3.8, 4) is 0 Å². The lowest BCUT2D eigenvalue weighted by molar-refractivity contribution is 0.0910. The van der Waals surface area contributed by atoms with E-state index in [1.54, 1.807) is 25.3 Å². The summed E-state index contributed by atoms with van der Waals surface area (Å²) in [7, 11) is -3.05. The highest BCUT2D eigenvalue weighted by atomic mass is 32.2. The molecule has 1 saturated heterocycles. The fraction of sp³-hybridized carbons (Fsp3) is 0.571. The fourth-order valence-corrected chi connectivity index (χ4v) is 4.47. The summed E-state index contributed by atoms with van der Waals surface area (Å²) in [5.41, 5.74) is 0.424. The van der Waals surface area contributed by atoms with E-state index in [0.717, 1.165) is 18.7 Å². The van der Waals surface area contributed by atoms with Gasteiger partial charge in [-0.25, -0.2) is 8.42 Å². The molecular formula is C14H21N3O3S. The number of nitrogens with zero attached hydrogens (tertiary/aromatic N) is 1. The van der Waals surface area contributed by atoms with Gasteiger partial charge in [0.15, 0.2) is 9.84 Å². The van der Waals surface area contributed by atoms with Crippen LogP contribution in [0.3, 0.4) is 0 Å². The Bertz CT molecular complexity index is 630. The molecule has 7 heteroatoms. The Hall–Kier alpha value is -1.63. The van der Waals surface area contributed by atoms with Crippen molar-refractivity contribution in [3.05, 3.63) is 24.0 Å². The van der Waals surface area contributed by atoms with E-state index in [0.29, 0.717) is 12.1 Å². The molecule has 1 aromatic rings. The zero-order chi connectivity index (χ0) is 15.5. The molecule has 0 saturated carbocycles. The van der Waals surface area contributed by atoms with Gasteiger partial charge in [0.1, 0.15) is 5.69 Å². The van der Waals surface area contributed by atoms with E-state index in [9.17, 15) is 13.2 Å². The number of aromatic nitrogens is 1. The molecule has 116 valence electrons. The number of carbonyl (C=O) groups is 1. The van der Waals surface area contributed by atoms with Crippen molar-refractivity contribution in [3.63, 3.8) is 0 Å². The summed E-state index contributed by atoms with van der Waals surface area (Å²) in [6.45, 7) is 4.64. The van der Waals surface area contributed by atoms with Gasteiger partial charge in [0.25, 0.3) is 5.91 Å². The van der Waals surface area contributed by atoms with Crippen LogP contribution in [0.25, 0.3) is 0 Å². The van der Waals surface area contributed by atoms with Crippen molar-refractivity contribution < 1.29 is 13.2 Å². The van der Waals surface area contributed by atoms with Crippen LogP contribution in [-0.2, 0) is 9.84 Å². The van der Waals surface area contributed by atoms with Gasteiger partial charge in [-0.3, -0.25) is 9.78 Å². The van der Waals surface area contributed by atoms with E-state index >= 15 is 0 Å². The van der Waals surface area contributed by atoms with Gasteiger partial charge in [0.2, 0.25) is 0 Å². The number of hydrogen-bond donors (Lipinski definition) is 2. The van der Waals surface area contributed by atoms with E-state index in [2.05, 4.69) is 22.5 Å². The maximum Gasteiger partial charge on any atom is 0.270 e. The van der Waals surface area contributed by atoms with Crippen LogP contribution in [0, 0.1) is 0 Å². The first-order valence-electron chi connectivity index (χ1n) is 7.06. The first-order chi connectivity index (χ1) is 9.84. The van der Waals surface area contributed by atoms with E-state index in [4.69, 9.17) is 0 Å². The predicted molar refractivity (Wildman–Crippen MR) is 82.2 cm³/mol. The minimum absolute atomic E-state index is 0.0144. The van der Waals surface area contributed by atoms with Gasteiger partial charge in [0, 0.05) is 18.4 Å². The van der Waals surface area contributed by atoms with Crippen LogP contribution in [0.5, 0.6) is 0 Å². The maximum absolute atomic E-state index is 12.2. The number of hydrogen-bond acceptors (Lipinski definition) is 5. The van der Waals surface area contributed by atoms with E-state index in [1.807, 2.05) is 0 Å². The number of anilines is 1. The van der Waals surface area contributed by atoms with Crippen molar-refractivity contribution in [1.82, 2.24) is 10.3 Å². The minimum Gasteiger partial charge on any atom is -0.385 e. The SMILES string of the molecule is CCCNc1ccnc(C(=O)NC2(C)CCS(=O)(=O)C2)c1. The molecular weight excluding hydrogens is 290 g/mol. The summed E-state index contributed by atoms with van der Waals surface area (Å²) in [5, 5.41) is 5.99. The number of carbonyl (C=O) groups excluding carboxylic acids is 1. The highest BCUT2D eigenvalue weighted by Crippen LogP contribution is 2.23. The Morgan fingerprint density at radius 2 is 2.24 bits per heavy atom. The summed E-state index contributed by atoms with van der Waals surface area (Å²) in [5.74, 6) is -0.232. The van der Waals surface area contributed by atoms with Gasteiger partial charge in [-0.2, -0.15) is 0 Å². The molecule has 21 heavy (non-hydrogen) atoms. The fourth-order valence-electron chi connectivity index (χ4n) is 2.38. The Balaban J connectivity index is 2.07. The van der Waals surface area contributed by atoms with Crippen LogP contribution < -0.4 is 10.6 Å². The second-order valence-corrected chi connectivity index (χ2v) is 7.90. The number of pyridine rings is 1. The molecule has 0 aromatic carbocycles. The highest BCUT2D eigenvalue weighted by Gasteiger charge is 2.39. The van der Waals surface area contributed by atoms with Crippen LogP contribution in [0.2, 0.25) is 0 Å². The van der Waals surface area contributed by atoms with Crippen LogP contribution in [0.15, 0.2) is 18.3 Å². The second kappa shape index (κ2) is 6.01. The average molecular weight is 311 g/mol. The average Bonchev–Trinajstić information content (AvgIpc) is 2.70. The summed E-state index contributed by atoms with van der Waals surface area (Å²) < 4.78 is 23.1. The number of nitrogens with one attached hydrogen (secondary N) is 2. The third-order valence-corrected chi connectivity index (χ3v) is 5.39. The van der Waals surface area contributed by atoms with E-state index < -0.39 is 15.4 Å². The first-order valence-corrected chi connectivity index (χ1v) is 8.89. The van der Waals surface area contributed by atoms with Gasteiger partial charge in [-0.05, 0) is 31.9 Å². The maximum atomic E-state index is 12.2. The van der Waals surface area contributed by atoms with Gasteiger partial charge < -0.3 is 10.6 Å². The topological polar surface area (TPSA) is 88.2 Å². The van der Waals surface area contributed by atoms with Crippen molar-refractivity contribution >= 4 is 21.4 Å². The van der Waals surface area contributed by atoms with E-state index in [1.165, 1.54) is 0 Å². The molecule has 1 atom stereocenters. The molecule has 1 aliphatic rings. The molecule has 1 unspecified atom stereocenters. The summed E-state index contributed by atoms with van der Waals surface area (Å²) >= 11 is 0. The monoisotopic (exact) mass is 311 g/mol. The standard InChI is InChI=1S/C14H21N3O3S/c1-3-6-15-11-4-7-16-12(9-11)13(18)17-14(2)5-8-21(19,20)10-14/h4,7,9H,3,5-6,8,10H2,1-2H3,(H,15,16)(H,17,18). The minimum atomic E-state index is -3.05.